The maximum Gasteiger partial charge on any atom is 0.205 e. The van der Waals surface area contributed by atoms with Gasteiger partial charge in [-0.1, -0.05) is 0 Å². The first-order chi connectivity index (χ1) is 10.8. The number of hydrogen-bond donors (Lipinski definition) is 0. The molecule has 1 fully saturated rings. The molecule has 22 heavy (non-hydrogen) atoms. The number of aromatic nitrogens is 4. The van der Waals surface area contributed by atoms with Gasteiger partial charge >= 0.3 is 0 Å². The van der Waals surface area contributed by atoms with Crippen LogP contribution in [-0.2, 0) is 0 Å². The van der Waals surface area contributed by atoms with Gasteiger partial charge in [0.25, 0.3) is 0 Å². The summed E-state index contributed by atoms with van der Waals surface area (Å²) in [5, 5.41) is 2.12. The molecule has 3 aromatic rings. The summed E-state index contributed by atoms with van der Waals surface area (Å²) >= 11 is 1.48. The predicted octanol–water partition coefficient (Wildman–Crippen LogP) is 2.12. The zero-order valence-electron chi connectivity index (χ0n) is 12.3. The van der Waals surface area contributed by atoms with E-state index < -0.39 is 0 Å². The van der Waals surface area contributed by atoms with Gasteiger partial charge in [0.15, 0.2) is 0 Å². The van der Waals surface area contributed by atoms with Gasteiger partial charge in [0.05, 0.1) is 5.52 Å². The minimum Gasteiger partial charge on any atom is -0.368 e. The summed E-state index contributed by atoms with van der Waals surface area (Å²) in [6.07, 6.45) is 3.46. The maximum atomic E-state index is 4.47. The predicted molar refractivity (Wildman–Crippen MR) is 88.6 cm³/mol. The van der Waals surface area contributed by atoms with Crippen molar-refractivity contribution in [3.05, 3.63) is 36.5 Å². The Balaban J connectivity index is 1.50. The summed E-state index contributed by atoms with van der Waals surface area (Å²) in [5.41, 5.74) is 2.22. The highest BCUT2D eigenvalue weighted by Crippen LogP contribution is 2.24. The molecule has 1 saturated heterocycles. The lowest BCUT2D eigenvalue weighted by molar-refractivity contribution is 0.652. The van der Waals surface area contributed by atoms with Crippen LogP contribution in [0.25, 0.3) is 10.9 Å². The Labute approximate surface area is 132 Å². The van der Waals surface area contributed by atoms with Crippen LogP contribution in [0.4, 0.5) is 10.8 Å². The van der Waals surface area contributed by atoms with E-state index in [1.165, 1.54) is 17.2 Å². The van der Waals surface area contributed by atoms with E-state index >= 15 is 0 Å². The molecule has 0 amide bonds. The zero-order valence-corrected chi connectivity index (χ0v) is 13.1. The molecule has 4 rings (SSSR count). The quantitative estimate of drug-likeness (QED) is 0.722. The molecule has 0 aliphatic carbocycles. The molecule has 0 bridgehead atoms. The molecule has 0 atom stereocenters. The normalized spacial score (nSPS) is 15.5. The molecule has 0 saturated carbocycles. The second-order valence-corrected chi connectivity index (χ2v) is 6.09. The van der Waals surface area contributed by atoms with Crippen molar-refractivity contribution in [1.82, 2.24) is 19.3 Å². The number of aryl methyl sites for hydroxylation is 1. The topological polar surface area (TPSA) is 58.0 Å². The number of piperazine rings is 1. The highest BCUT2D eigenvalue weighted by atomic mass is 32.1. The van der Waals surface area contributed by atoms with E-state index in [1.807, 2.05) is 13.1 Å². The van der Waals surface area contributed by atoms with Crippen molar-refractivity contribution in [3.63, 3.8) is 0 Å². The van der Waals surface area contributed by atoms with Crippen LogP contribution in [0, 0.1) is 6.92 Å². The maximum absolute atomic E-state index is 4.47. The fourth-order valence-electron chi connectivity index (χ4n) is 2.74. The molecule has 112 valence electrons. The molecular weight excluding hydrogens is 296 g/mol. The van der Waals surface area contributed by atoms with Gasteiger partial charge in [-0.05, 0) is 25.1 Å². The van der Waals surface area contributed by atoms with E-state index in [2.05, 4.69) is 47.3 Å². The molecule has 0 unspecified atom stereocenters. The van der Waals surface area contributed by atoms with Gasteiger partial charge in [0.1, 0.15) is 12.2 Å². The van der Waals surface area contributed by atoms with Crippen LogP contribution in [0.2, 0.25) is 0 Å². The molecule has 6 nitrogen and oxygen atoms in total. The third kappa shape index (κ3) is 2.48. The number of rotatable bonds is 2. The first-order valence-electron chi connectivity index (χ1n) is 7.29. The molecule has 1 aliphatic heterocycles. The monoisotopic (exact) mass is 312 g/mol. The van der Waals surface area contributed by atoms with Crippen molar-refractivity contribution in [2.75, 3.05) is 36.0 Å². The highest BCUT2D eigenvalue weighted by Gasteiger charge is 2.20. The zero-order chi connectivity index (χ0) is 14.9. The molecule has 2 aromatic heterocycles. The number of fused-ring (bicyclic) bond motifs is 1. The lowest BCUT2D eigenvalue weighted by Crippen LogP contribution is -2.46. The van der Waals surface area contributed by atoms with Gasteiger partial charge < -0.3 is 9.80 Å². The Morgan fingerprint density at radius 2 is 1.91 bits per heavy atom. The number of nitrogens with zero attached hydrogens (tertiary/aromatic N) is 6. The summed E-state index contributed by atoms with van der Waals surface area (Å²) < 4.78 is 4.26. The Morgan fingerprint density at radius 1 is 1.09 bits per heavy atom. The fourth-order valence-corrected chi connectivity index (χ4v) is 3.46. The number of anilines is 2. The van der Waals surface area contributed by atoms with Crippen molar-refractivity contribution in [2.24, 2.45) is 0 Å². The van der Waals surface area contributed by atoms with Gasteiger partial charge in [-0.15, -0.1) is 0 Å². The summed E-state index contributed by atoms with van der Waals surface area (Å²) in [6, 6.07) is 6.37. The molecular formula is C15H16N6S. The van der Waals surface area contributed by atoms with E-state index in [0.717, 1.165) is 48.0 Å². The van der Waals surface area contributed by atoms with Crippen LogP contribution in [-0.4, -0.2) is 45.5 Å². The Morgan fingerprint density at radius 3 is 2.68 bits per heavy atom. The van der Waals surface area contributed by atoms with Crippen LogP contribution in [0.1, 0.15) is 5.82 Å². The molecule has 0 spiro atoms. The minimum absolute atomic E-state index is 0.858. The molecule has 0 N–H and O–H groups in total. The van der Waals surface area contributed by atoms with Crippen LogP contribution >= 0.6 is 11.5 Å². The molecule has 0 radical (unpaired) electrons. The second kappa shape index (κ2) is 5.49. The highest BCUT2D eigenvalue weighted by molar-refractivity contribution is 7.09. The first-order valence-corrected chi connectivity index (χ1v) is 8.07. The second-order valence-electron chi connectivity index (χ2n) is 5.36. The van der Waals surface area contributed by atoms with E-state index in [1.54, 1.807) is 6.33 Å². The van der Waals surface area contributed by atoms with Crippen LogP contribution in [0.3, 0.4) is 0 Å². The lowest BCUT2D eigenvalue weighted by atomic mass is 10.2. The minimum atomic E-state index is 0.858. The third-order valence-corrected chi connectivity index (χ3v) is 4.79. The van der Waals surface area contributed by atoms with E-state index in [0.29, 0.717) is 0 Å². The van der Waals surface area contributed by atoms with Crippen molar-refractivity contribution in [2.45, 2.75) is 6.92 Å². The van der Waals surface area contributed by atoms with Crippen molar-refractivity contribution < 1.29 is 0 Å². The van der Waals surface area contributed by atoms with Gasteiger partial charge in [-0.2, -0.15) is 4.37 Å². The summed E-state index contributed by atoms with van der Waals surface area (Å²) in [5.74, 6) is 0.858. The summed E-state index contributed by atoms with van der Waals surface area (Å²) in [4.78, 5) is 17.6. The van der Waals surface area contributed by atoms with Crippen LogP contribution in [0.5, 0.6) is 0 Å². The van der Waals surface area contributed by atoms with Gasteiger partial charge in [-0.3, -0.25) is 0 Å². The summed E-state index contributed by atoms with van der Waals surface area (Å²) in [7, 11) is 0. The average Bonchev–Trinajstić information content (AvgIpc) is 3.01. The van der Waals surface area contributed by atoms with Crippen LogP contribution in [0.15, 0.2) is 30.7 Å². The molecule has 1 aliphatic rings. The van der Waals surface area contributed by atoms with Crippen molar-refractivity contribution >= 4 is 33.3 Å². The van der Waals surface area contributed by atoms with Gasteiger partial charge in [0.2, 0.25) is 5.13 Å². The van der Waals surface area contributed by atoms with Gasteiger partial charge in [0, 0.05) is 55.0 Å². The Hall–Kier alpha value is -2.28. The molecule has 3 heterocycles. The Kier molecular flexibility index (Phi) is 3.34. The van der Waals surface area contributed by atoms with Gasteiger partial charge in [-0.25, -0.2) is 15.0 Å². The fraction of sp³-hybridized carbons (Fsp3) is 0.333. The van der Waals surface area contributed by atoms with E-state index in [4.69, 9.17) is 0 Å². The van der Waals surface area contributed by atoms with E-state index in [9.17, 15) is 0 Å². The largest absolute Gasteiger partial charge is 0.368 e. The van der Waals surface area contributed by atoms with Crippen molar-refractivity contribution in [3.8, 4) is 0 Å². The number of benzene rings is 1. The van der Waals surface area contributed by atoms with Crippen LogP contribution < -0.4 is 9.80 Å². The lowest BCUT2D eigenvalue weighted by Gasteiger charge is -2.35. The summed E-state index contributed by atoms with van der Waals surface area (Å²) in [6.45, 7) is 5.85. The number of hydrogen-bond acceptors (Lipinski definition) is 7. The molecule has 7 heteroatoms. The SMILES string of the molecule is Cc1nsc(N2CCN(c3ccc4ncncc4c3)CC2)n1. The molecule has 1 aromatic carbocycles. The average molecular weight is 312 g/mol. The smallest absolute Gasteiger partial charge is 0.205 e. The Bertz CT molecular complexity index is 793. The first kappa shape index (κ1) is 13.4. The van der Waals surface area contributed by atoms with Crippen molar-refractivity contribution in [1.29, 1.82) is 0 Å². The standard InChI is InChI=1S/C15H16N6S/c1-11-18-15(22-19-11)21-6-4-20(5-7-21)13-2-3-14-12(8-13)9-16-10-17-14/h2-3,8-10H,4-7H2,1H3. The van der Waals surface area contributed by atoms with E-state index in [-0.39, 0.29) is 0 Å². The third-order valence-electron chi connectivity index (χ3n) is 3.92.